The van der Waals surface area contributed by atoms with Gasteiger partial charge in [-0.1, -0.05) is 6.42 Å². The van der Waals surface area contributed by atoms with Gasteiger partial charge in [-0.25, -0.2) is 0 Å². The van der Waals surface area contributed by atoms with Crippen molar-refractivity contribution in [1.29, 1.82) is 0 Å². The molecule has 118 valence electrons. The molecule has 0 amide bonds. The lowest BCUT2D eigenvalue weighted by Crippen LogP contribution is -2.48. The fourth-order valence-electron chi connectivity index (χ4n) is 2.94. The number of nitrogens with zero attached hydrogens (tertiary/aromatic N) is 3. The smallest absolute Gasteiger partial charge is 0.282 e. The molecule has 2 heterocycles. The van der Waals surface area contributed by atoms with Gasteiger partial charge < -0.3 is 9.64 Å². The molecule has 2 saturated heterocycles. The SMILES string of the molecule is CN(C)CC1COCCN(S(=O)(=O)N2CCCCC2)C1. The predicted molar refractivity (Wildman–Crippen MR) is 78.8 cm³/mol. The second kappa shape index (κ2) is 7.17. The van der Waals surface area contributed by atoms with Gasteiger partial charge in [0.2, 0.25) is 0 Å². The van der Waals surface area contributed by atoms with Crippen molar-refractivity contribution in [3.8, 4) is 0 Å². The molecule has 0 aliphatic carbocycles. The Labute approximate surface area is 122 Å². The molecule has 2 fully saturated rings. The van der Waals surface area contributed by atoms with E-state index in [1.165, 1.54) is 0 Å². The highest BCUT2D eigenvalue weighted by Gasteiger charge is 2.33. The molecule has 0 aromatic heterocycles. The van der Waals surface area contributed by atoms with E-state index in [1.54, 1.807) is 8.61 Å². The van der Waals surface area contributed by atoms with Gasteiger partial charge in [-0.2, -0.15) is 17.0 Å². The summed E-state index contributed by atoms with van der Waals surface area (Å²) in [5.74, 6) is 0.243. The Morgan fingerprint density at radius 2 is 1.80 bits per heavy atom. The third-order valence-corrected chi connectivity index (χ3v) is 5.89. The average molecular weight is 305 g/mol. The zero-order valence-electron chi connectivity index (χ0n) is 12.6. The third-order valence-electron chi connectivity index (χ3n) is 3.89. The number of piperidine rings is 1. The van der Waals surface area contributed by atoms with Crippen molar-refractivity contribution in [1.82, 2.24) is 13.5 Å². The summed E-state index contributed by atoms with van der Waals surface area (Å²) in [6.07, 6.45) is 3.09. The number of hydrogen-bond acceptors (Lipinski definition) is 4. The molecular weight excluding hydrogens is 278 g/mol. The normalized spacial score (nSPS) is 27.6. The Bertz CT molecular complexity index is 394. The van der Waals surface area contributed by atoms with Crippen LogP contribution in [0.15, 0.2) is 0 Å². The van der Waals surface area contributed by atoms with E-state index in [9.17, 15) is 8.42 Å². The monoisotopic (exact) mass is 305 g/mol. The van der Waals surface area contributed by atoms with Crippen LogP contribution in [0.3, 0.4) is 0 Å². The van der Waals surface area contributed by atoms with E-state index in [2.05, 4.69) is 4.90 Å². The van der Waals surface area contributed by atoms with E-state index < -0.39 is 10.2 Å². The number of ether oxygens (including phenoxy) is 1. The second-order valence-corrected chi connectivity index (χ2v) is 7.96. The van der Waals surface area contributed by atoms with Crippen LogP contribution in [0.25, 0.3) is 0 Å². The Morgan fingerprint density at radius 3 is 2.45 bits per heavy atom. The molecule has 20 heavy (non-hydrogen) atoms. The summed E-state index contributed by atoms with van der Waals surface area (Å²) in [6.45, 7) is 4.36. The van der Waals surface area contributed by atoms with Crippen LogP contribution in [0.5, 0.6) is 0 Å². The summed E-state index contributed by atoms with van der Waals surface area (Å²) in [5.41, 5.74) is 0. The molecule has 0 spiro atoms. The van der Waals surface area contributed by atoms with Gasteiger partial charge in [-0.15, -0.1) is 0 Å². The maximum Gasteiger partial charge on any atom is 0.282 e. The summed E-state index contributed by atoms with van der Waals surface area (Å²) in [5, 5.41) is 0. The maximum atomic E-state index is 12.7. The third kappa shape index (κ3) is 4.14. The van der Waals surface area contributed by atoms with Gasteiger partial charge in [0, 0.05) is 38.6 Å². The summed E-state index contributed by atoms with van der Waals surface area (Å²) in [6, 6.07) is 0. The minimum Gasteiger partial charge on any atom is -0.380 e. The lowest BCUT2D eigenvalue weighted by Gasteiger charge is -2.32. The summed E-state index contributed by atoms with van der Waals surface area (Å²) in [4.78, 5) is 2.09. The van der Waals surface area contributed by atoms with E-state index >= 15 is 0 Å². The first-order chi connectivity index (χ1) is 9.50. The molecule has 0 saturated carbocycles. The van der Waals surface area contributed by atoms with Crippen molar-refractivity contribution in [2.75, 3.05) is 60.0 Å². The largest absolute Gasteiger partial charge is 0.380 e. The summed E-state index contributed by atoms with van der Waals surface area (Å²) < 4.78 is 34.3. The van der Waals surface area contributed by atoms with Crippen LogP contribution in [0.1, 0.15) is 19.3 Å². The molecule has 1 unspecified atom stereocenters. The van der Waals surface area contributed by atoms with Crippen molar-refractivity contribution in [3.63, 3.8) is 0 Å². The summed E-state index contributed by atoms with van der Waals surface area (Å²) >= 11 is 0. The standard InChI is InChI=1S/C13H27N3O3S/c1-14(2)10-13-11-16(8-9-19-12-13)20(17,18)15-6-4-3-5-7-15/h13H,3-12H2,1-2H3. The molecule has 6 nitrogen and oxygen atoms in total. The first-order valence-electron chi connectivity index (χ1n) is 7.48. The van der Waals surface area contributed by atoms with Crippen LogP contribution in [-0.2, 0) is 14.9 Å². The fraction of sp³-hybridized carbons (Fsp3) is 1.00. The average Bonchev–Trinajstić information content (AvgIpc) is 2.65. The first-order valence-corrected chi connectivity index (χ1v) is 8.87. The minimum atomic E-state index is -3.31. The van der Waals surface area contributed by atoms with Crippen molar-refractivity contribution in [3.05, 3.63) is 0 Å². The van der Waals surface area contributed by atoms with Gasteiger partial charge in [-0.3, -0.25) is 0 Å². The molecule has 0 aromatic rings. The van der Waals surface area contributed by atoms with E-state index in [4.69, 9.17) is 4.74 Å². The van der Waals surface area contributed by atoms with Crippen molar-refractivity contribution in [2.24, 2.45) is 5.92 Å². The van der Waals surface area contributed by atoms with Crippen LogP contribution in [0.2, 0.25) is 0 Å². The highest BCUT2D eigenvalue weighted by Crippen LogP contribution is 2.19. The Hall–Kier alpha value is -0.210. The van der Waals surface area contributed by atoms with Crippen molar-refractivity contribution >= 4 is 10.2 Å². The van der Waals surface area contributed by atoms with Crippen molar-refractivity contribution < 1.29 is 13.2 Å². The van der Waals surface area contributed by atoms with Gasteiger partial charge >= 0.3 is 0 Å². The Kier molecular flexibility index (Phi) is 5.80. The van der Waals surface area contributed by atoms with Gasteiger partial charge in [0.1, 0.15) is 0 Å². The van der Waals surface area contributed by atoms with Crippen LogP contribution in [-0.4, -0.2) is 82.0 Å². The van der Waals surface area contributed by atoms with Crippen LogP contribution < -0.4 is 0 Å². The van der Waals surface area contributed by atoms with E-state index in [-0.39, 0.29) is 5.92 Å². The van der Waals surface area contributed by atoms with Crippen LogP contribution in [0.4, 0.5) is 0 Å². The molecule has 0 aromatic carbocycles. The molecule has 1 atom stereocenters. The quantitative estimate of drug-likeness (QED) is 0.746. The lowest BCUT2D eigenvalue weighted by molar-refractivity contribution is 0.113. The van der Waals surface area contributed by atoms with Gasteiger partial charge in [0.05, 0.1) is 13.2 Å². The molecular formula is C13H27N3O3S. The van der Waals surface area contributed by atoms with Crippen molar-refractivity contribution in [2.45, 2.75) is 19.3 Å². The van der Waals surface area contributed by atoms with Gasteiger partial charge in [0.25, 0.3) is 10.2 Å². The topological polar surface area (TPSA) is 53.1 Å². The molecule has 2 rings (SSSR count). The number of hydrogen-bond donors (Lipinski definition) is 0. The van der Waals surface area contributed by atoms with Gasteiger partial charge in [-0.05, 0) is 26.9 Å². The fourth-order valence-corrected chi connectivity index (χ4v) is 4.69. The second-order valence-electron chi connectivity index (χ2n) is 6.03. The first kappa shape index (κ1) is 16.2. The highest BCUT2D eigenvalue weighted by atomic mass is 32.2. The predicted octanol–water partition coefficient (Wildman–Crippen LogP) is 0.227. The van der Waals surface area contributed by atoms with E-state index in [1.807, 2.05) is 14.1 Å². The maximum absolute atomic E-state index is 12.7. The van der Waals surface area contributed by atoms with E-state index in [0.29, 0.717) is 39.4 Å². The zero-order chi connectivity index (χ0) is 14.6. The molecule has 0 bridgehead atoms. The number of rotatable bonds is 4. The summed E-state index contributed by atoms with van der Waals surface area (Å²) in [7, 11) is 0.708. The van der Waals surface area contributed by atoms with E-state index in [0.717, 1.165) is 25.8 Å². The van der Waals surface area contributed by atoms with Crippen LogP contribution >= 0.6 is 0 Å². The van der Waals surface area contributed by atoms with Crippen LogP contribution in [0, 0.1) is 5.92 Å². The molecule has 2 aliphatic rings. The zero-order valence-corrected chi connectivity index (χ0v) is 13.4. The molecule has 7 heteroatoms. The van der Waals surface area contributed by atoms with Gasteiger partial charge in [0.15, 0.2) is 0 Å². The highest BCUT2D eigenvalue weighted by molar-refractivity contribution is 7.86. The molecule has 2 aliphatic heterocycles. The Morgan fingerprint density at radius 1 is 1.10 bits per heavy atom. The minimum absolute atomic E-state index is 0.243. The molecule has 0 radical (unpaired) electrons. The lowest BCUT2D eigenvalue weighted by atomic mass is 10.1. The Balaban J connectivity index is 2.04. The molecule has 0 N–H and O–H groups in total.